The normalized spacial score (nSPS) is 8.95. The standard InChI is InChI=1S/C14H8N4O/c15-8-12(9-16)7-11-1-3-13(4-2-11)19-14-10-17-5-6-18-14/h1-7,10H. The van der Waals surface area contributed by atoms with Crippen molar-refractivity contribution in [3.63, 3.8) is 0 Å². The molecule has 0 bridgehead atoms. The Kier molecular flexibility index (Phi) is 3.84. The second-order valence-electron chi connectivity index (χ2n) is 3.50. The van der Waals surface area contributed by atoms with Gasteiger partial charge in [0, 0.05) is 12.4 Å². The monoisotopic (exact) mass is 248 g/mol. The molecule has 0 aliphatic rings. The molecule has 1 aromatic carbocycles. The van der Waals surface area contributed by atoms with Crippen LogP contribution in [0.5, 0.6) is 11.6 Å². The molecule has 0 aliphatic carbocycles. The van der Waals surface area contributed by atoms with E-state index < -0.39 is 0 Å². The van der Waals surface area contributed by atoms with Crippen molar-refractivity contribution >= 4 is 6.08 Å². The van der Waals surface area contributed by atoms with E-state index >= 15 is 0 Å². The number of hydrogen-bond acceptors (Lipinski definition) is 5. The molecule has 0 radical (unpaired) electrons. The maximum atomic E-state index is 8.66. The maximum absolute atomic E-state index is 8.66. The Morgan fingerprint density at radius 2 is 1.84 bits per heavy atom. The number of benzene rings is 1. The smallest absolute Gasteiger partial charge is 0.237 e. The first-order valence-electron chi connectivity index (χ1n) is 5.37. The van der Waals surface area contributed by atoms with Gasteiger partial charge in [-0.3, -0.25) is 4.98 Å². The van der Waals surface area contributed by atoms with Gasteiger partial charge in [-0.15, -0.1) is 0 Å². The Bertz CT molecular complexity index is 647. The van der Waals surface area contributed by atoms with E-state index in [0.717, 1.165) is 5.56 Å². The van der Waals surface area contributed by atoms with Crippen molar-refractivity contribution in [2.24, 2.45) is 0 Å². The maximum Gasteiger partial charge on any atom is 0.237 e. The molecule has 0 aliphatic heterocycles. The Morgan fingerprint density at radius 1 is 1.11 bits per heavy atom. The molecule has 1 aromatic heterocycles. The van der Waals surface area contributed by atoms with Crippen LogP contribution in [0.4, 0.5) is 0 Å². The van der Waals surface area contributed by atoms with E-state index in [1.807, 2.05) is 0 Å². The summed E-state index contributed by atoms with van der Waals surface area (Å²) in [6.45, 7) is 0. The van der Waals surface area contributed by atoms with Crippen molar-refractivity contribution < 1.29 is 4.74 Å². The third-order valence-electron chi connectivity index (χ3n) is 2.19. The quantitative estimate of drug-likeness (QED) is 0.780. The molecule has 1 heterocycles. The van der Waals surface area contributed by atoms with Crippen molar-refractivity contribution in [1.29, 1.82) is 10.5 Å². The van der Waals surface area contributed by atoms with Crippen molar-refractivity contribution in [2.45, 2.75) is 0 Å². The van der Waals surface area contributed by atoms with Crippen molar-refractivity contribution in [3.8, 4) is 23.8 Å². The number of hydrogen-bond donors (Lipinski definition) is 0. The van der Waals surface area contributed by atoms with E-state index in [2.05, 4.69) is 9.97 Å². The van der Waals surface area contributed by atoms with Gasteiger partial charge in [-0.05, 0) is 23.8 Å². The fourth-order valence-electron chi connectivity index (χ4n) is 1.35. The van der Waals surface area contributed by atoms with Crippen molar-refractivity contribution in [1.82, 2.24) is 9.97 Å². The minimum absolute atomic E-state index is 0.0580. The molecule has 0 unspecified atom stereocenters. The van der Waals surface area contributed by atoms with Gasteiger partial charge in [0.2, 0.25) is 5.88 Å². The largest absolute Gasteiger partial charge is 0.438 e. The summed E-state index contributed by atoms with van der Waals surface area (Å²) in [5.41, 5.74) is 0.812. The van der Waals surface area contributed by atoms with E-state index in [-0.39, 0.29) is 5.57 Å². The molecule has 0 amide bonds. The summed E-state index contributed by atoms with van der Waals surface area (Å²) in [6.07, 6.45) is 6.12. The molecule has 0 saturated carbocycles. The zero-order valence-corrected chi connectivity index (χ0v) is 9.82. The summed E-state index contributed by atoms with van der Waals surface area (Å²) < 4.78 is 5.47. The lowest BCUT2D eigenvalue weighted by atomic mass is 10.1. The van der Waals surface area contributed by atoms with Gasteiger partial charge in [0.1, 0.15) is 23.5 Å². The second kappa shape index (κ2) is 5.95. The van der Waals surface area contributed by atoms with E-state index in [1.54, 1.807) is 48.8 Å². The van der Waals surface area contributed by atoms with Gasteiger partial charge in [0.05, 0.1) is 6.20 Å². The van der Waals surface area contributed by atoms with Crippen LogP contribution in [0.15, 0.2) is 48.4 Å². The van der Waals surface area contributed by atoms with Crippen LogP contribution in [-0.4, -0.2) is 9.97 Å². The Balaban J connectivity index is 2.14. The first-order valence-corrected chi connectivity index (χ1v) is 5.37. The Hall–Kier alpha value is -3.18. The number of ether oxygens (including phenoxy) is 1. The fraction of sp³-hybridized carbons (Fsp3) is 0. The summed E-state index contributed by atoms with van der Waals surface area (Å²) in [5.74, 6) is 1.01. The Labute approximate surface area is 110 Å². The summed E-state index contributed by atoms with van der Waals surface area (Å²) in [7, 11) is 0. The molecule has 19 heavy (non-hydrogen) atoms. The molecule has 0 N–H and O–H groups in total. The van der Waals surface area contributed by atoms with E-state index in [4.69, 9.17) is 15.3 Å². The van der Waals surface area contributed by atoms with E-state index in [0.29, 0.717) is 11.6 Å². The number of nitriles is 2. The summed E-state index contributed by atoms with van der Waals surface area (Å²) >= 11 is 0. The molecule has 5 heteroatoms. The van der Waals surface area contributed by atoms with Gasteiger partial charge in [-0.25, -0.2) is 4.98 Å². The molecule has 0 saturated heterocycles. The van der Waals surface area contributed by atoms with Crippen LogP contribution in [-0.2, 0) is 0 Å². The average Bonchev–Trinajstić information content (AvgIpc) is 2.47. The lowest BCUT2D eigenvalue weighted by Gasteiger charge is -2.03. The van der Waals surface area contributed by atoms with Crippen LogP contribution in [0.3, 0.4) is 0 Å². The third-order valence-corrected chi connectivity index (χ3v) is 2.19. The highest BCUT2D eigenvalue weighted by molar-refractivity contribution is 5.62. The van der Waals surface area contributed by atoms with Crippen LogP contribution in [0.1, 0.15) is 5.56 Å². The zero-order chi connectivity index (χ0) is 13.5. The molecule has 0 atom stereocenters. The van der Waals surface area contributed by atoms with Gasteiger partial charge < -0.3 is 4.74 Å². The van der Waals surface area contributed by atoms with Crippen LogP contribution < -0.4 is 4.74 Å². The highest BCUT2D eigenvalue weighted by Gasteiger charge is 1.99. The summed E-state index contributed by atoms with van der Waals surface area (Å²) in [6, 6.07) is 10.6. The fourth-order valence-corrected chi connectivity index (χ4v) is 1.35. The minimum Gasteiger partial charge on any atom is -0.438 e. The number of allylic oxidation sites excluding steroid dienone is 1. The van der Waals surface area contributed by atoms with E-state index in [1.165, 1.54) is 12.3 Å². The molecule has 2 aromatic rings. The van der Waals surface area contributed by atoms with Crippen LogP contribution in [0, 0.1) is 22.7 Å². The van der Waals surface area contributed by atoms with E-state index in [9.17, 15) is 0 Å². The van der Waals surface area contributed by atoms with Gasteiger partial charge in [0.25, 0.3) is 0 Å². The summed E-state index contributed by atoms with van der Waals surface area (Å²) in [4.78, 5) is 7.88. The zero-order valence-electron chi connectivity index (χ0n) is 9.82. The lowest BCUT2D eigenvalue weighted by molar-refractivity contribution is 0.460. The first-order chi connectivity index (χ1) is 9.31. The van der Waals surface area contributed by atoms with Crippen LogP contribution >= 0.6 is 0 Å². The molecule has 0 spiro atoms. The molecule has 90 valence electrons. The predicted molar refractivity (Wildman–Crippen MR) is 67.8 cm³/mol. The van der Waals surface area contributed by atoms with Gasteiger partial charge >= 0.3 is 0 Å². The Morgan fingerprint density at radius 3 is 2.42 bits per heavy atom. The molecular weight excluding hydrogens is 240 g/mol. The van der Waals surface area contributed by atoms with Crippen molar-refractivity contribution in [3.05, 3.63) is 54.0 Å². The number of rotatable bonds is 3. The third kappa shape index (κ3) is 3.39. The van der Waals surface area contributed by atoms with Gasteiger partial charge in [-0.1, -0.05) is 12.1 Å². The molecule has 5 nitrogen and oxygen atoms in total. The lowest BCUT2D eigenvalue weighted by Crippen LogP contribution is -1.88. The average molecular weight is 248 g/mol. The molecule has 0 fully saturated rings. The highest BCUT2D eigenvalue weighted by atomic mass is 16.5. The van der Waals surface area contributed by atoms with Crippen LogP contribution in [0.2, 0.25) is 0 Å². The van der Waals surface area contributed by atoms with Crippen molar-refractivity contribution in [2.75, 3.05) is 0 Å². The predicted octanol–water partition coefficient (Wildman–Crippen LogP) is 2.70. The van der Waals surface area contributed by atoms with Gasteiger partial charge in [-0.2, -0.15) is 10.5 Å². The SMILES string of the molecule is N#CC(C#N)=Cc1ccc(Oc2cnccn2)cc1. The molecule has 2 rings (SSSR count). The second-order valence-corrected chi connectivity index (χ2v) is 3.50. The minimum atomic E-state index is 0.0580. The number of nitrogens with zero attached hydrogens (tertiary/aromatic N) is 4. The van der Waals surface area contributed by atoms with Crippen LogP contribution in [0.25, 0.3) is 6.08 Å². The first kappa shape index (κ1) is 12.3. The van der Waals surface area contributed by atoms with Gasteiger partial charge in [0.15, 0.2) is 0 Å². The highest BCUT2D eigenvalue weighted by Crippen LogP contribution is 2.19. The topological polar surface area (TPSA) is 82.6 Å². The molecular formula is C14H8N4O. The summed E-state index contributed by atoms with van der Waals surface area (Å²) in [5, 5.41) is 17.3. The number of aromatic nitrogens is 2.